The second-order valence-electron chi connectivity index (χ2n) is 16.1. The summed E-state index contributed by atoms with van der Waals surface area (Å²) >= 11 is 0. The Balaban J connectivity index is 0.916. The standard InChI is InChI=1S/C60H40N2/c1-3-15-51-43(12-1)14-11-21-52(51)44-30-34-48(35-31-44)61(49-36-38-50(39-37-49)62-59-22-9-7-19-56(59)57-20-8-10-23-60(57)62)47-32-28-42(29-33-47)41-24-26-45(27-25-41)58-40-46-13-2-4-16-53(46)54-17-5-6-18-55(54)58/h1-40H. The van der Waals surface area contributed by atoms with Gasteiger partial charge in [-0.3, -0.25) is 0 Å². The molecule has 1 heterocycles. The van der Waals surface area contributed by atoms with Gasteiger partial charge < -0.3 is 9.47 Å². The molecule has 290 valence electrons. The fourth-order valence-electron chi connectivity index (χ4n) is 9.60. The Bertz CT molecular complexity index is 3540. The summed E-state index contributed by atoms with van der Waals surface area (Å²) in [7, 11) is 0. The largest absolute Gasteiger partial charge is 0.311 e. The van der Waals surface area contributed by atoms with Gasteiger partial charge in [-0.2, -0.15) is 0 Å². The maximum Gasteiger partial charge on any atom is 0.0541 e. The van der Waals surface area contributed by atoms with Gasteiger partial charge in [-0.15, -0.1) is 0 Å². The Morgan fingerprint density at radius 3 is 1.31 bits per heavy atom. The first-order chi connectivity index (χ1) is 30.7. The zero-order valence-electron chi connectivity index (χ0n) is 34.0. The molecule has 0 saturated carbocycles. The SMILES string of the molecule is c1ccc2c(-c3ccc(N(c4ccc(-c5ccc(-c6cc7ccccc7c7ccccc67)cc5)cc4)c4ccc(-n5c6ccccc6c6ccccc65)cc4)cc3)cccc2c1. The minimum atomic E-state index is 1.09. The molecule has 1 aromatic heterocycles. The normalized spacial score (nSPS) is 11.5. The summed E-state index contributed by atoms with van der Waals surface area (Å²) in [4.78, 5) is 2.36. The molecule has 0 atom stereocenters. The van der Waals surface area contributed by atoms with Gasteiger partial charge in [-0.25, -0.2) is 0 Å². The summed E-state index contributed by atoms with van der Waals surface area (Å²) < 4.78 is 2.38. The highest BCUT2D eigenvalue weighted by Crippen LogP contribution is 2.40. The summed E-state index contributed by atoms with van der Waals surface area (Å²) in [5, 5.41) is 10.1. The highest BCUT2D eigenvalue weighted by atomic mass is 15.1. The van der Waals surface area contributed by atoms with Crippen molar-refractivity contribution in [3.05, 3.63) is 243 Å². The van der Waals surface area contributed by atoms with Crippen molar-refractivity contribution in [2.24, 2.45) is 0 Å². The van der Waals surface area contributed by atoms with Crippen molar-refractivity contribution >= 4 is 71.2 Å². The van der Waals surface area contributed by atoms with Gasteiger partial charge in [-0.05, 0) is 132 Å². The van der Waals surface area contributed by atoms with Crippen LogP contribution in [0, 0.1) is 0 Å². The maximum absolute atomic E-state index is 2.38. The van der Waals surface area contributed by atoms with Gasteiger partial charge in [0.2, 0.25) is 0 Å². The van der Waals surface area contributed by atoms with E-state index in [1.807, 2.05) is 0 Å². The minimum absolute atomic E-state index is 1.09. The van der Waals surface area contributed by atoms with Gasteiger partial charge in [0.25, 0.3) is 0 Å². The van der Waals surface area contributed by atoms with Crippen molar-refractivity contribution in [2.45, 2.75) is 0 Å². The first-order valence-corrected chi connectivity index (χ1v) is 21.3. The zero-order chi connectivity index (χ0) is 41.0. The van der Waals surface area contributed by atoms with E-state index in [0.29, 0.717) is 0 Å². The van der Waals surface area contributed by atoms with E-state index in [0.717, 1.165) is 22.7 Å². The lowest BCUT2D eigenvalue weighted by molar-refractivity contribution is 1.17. The van der Waals surface area contributed by atoms with Gasteiger partial charge in [-0.1, -0.05) is 176 Å². The first kappa shape index (κ1) is 35.7. The van der Waals surface area contributed by atoms with E-state index in [1.165, 1.54) is 87.5 Å². The molecule has 0 fully saturated rings. The molecule has 0 radical (unpaired) electrons. The van der Waals surface area contributed by atoms with Crippen molar-refractivity contribution in [1.82, 2.24) is 4.57 Å². The number of anilines is 3. The van der Waals surface area contributed by atoms with E-state index in [4.69, 9.17) is 0 Å². The van der Waals surface area contributed by atoms with Crippen molar-refractivity contribution in [1.29, 1.82) is 0 Å². The van der Waals surface area contributed by atoms with E-state index < -0.39 is 0 Å². The van der Waals surface area contributed by atoms with Crippen LogP contribution in [0.15, 0.2) is 243 Å². The van der Waals surface area contributed by atoms with Gasteiger partial charge in [0.1, 0.15) is 0 Å². The Kier molecular flexibility index (Phi) is 8.53. The van der Waals surface area contributed by atoms with Crippen LogP contribution in [0.4, 0.5) is 17.1 Å². The average Bonchev–Trinajstić information content (AvgIpc) is 3.69. The lowest BCUT2D eigenvalue weighted by Crippen LogP contribution is -2.10. The highest BCUT2D eigenvalue weighted by Gasteiger charge is 2.17. The molecule has 0 N–H and O–H groups in total. The lowest BCUT2D eigenvalue weighted by atomic mass is 9.92. The van der Waals surface area contributed by atoms with Crippen LogP contribution >= 0.6 is 0 Å². The summed E-state index contributed by atoms with van der Waals surface area (Å²) in [5.74, 6) is 0. The van der Waals surface area contributed by atoms with Crippen molar-refractivity contribution in [2.75, 3.05) is 4.90 Å². The zero-order valence-corrected chi connectivity index (χ0v) is 34.0. The van der Waals surface area contributed by atoms with Crippen LogP contribution in [-0.4, -0.2) is 4.57 Å². The third-order valence-corrected chi connectivity index (χ3v) is 12.6. The summed E-state index contributed by atoms with van der Waals surface area (Å²) in [5.41, 5.74) is 14.1. The predicted octanol–water partition coefficient (Wildman–Crippen LogP) is 16.7. The smallest absolute Gasteiger partial charge is 0.0541 e. The molecule has 0 saturated heterocycles. The lowest BCUT2D eigenvalue weighted by Gasteiger charge is -2.26. The summed E-state index contributed by atoms with van der Waals surface area (Å²) in [6.07, 6.45) is 0. The van der Waals surface area contributed by atoms with Crippen LogP contribution < -0.4 is 4.90 Å². The fourth-order valence-corrected chi connectivity index (χ4v) is 9.60. The predicted molar refractivity (Wildman–Crippen MR) is 264 cm³/mol. The first-order valence-electron chi connectivity index (χ1n) is 21.3. The van der Waals surface area contributed by atoms with E-state index in [9.17, 15) is 0 Å². The second kappa shape index (κ2) is 14.8. The van der Waals surface area contributed by atoms with Crippen LogP contribution in [0.3, 0.4) is 0 Å². The molecule has 0 aliphatic heterocycles. The number of hydrogen-bond acceptors (Lipinski definition) is 1. The van der Waals surface area contributed by atoms with E-state index in [2.05, 4.69) is 252 Å². The molecular weight excluding hydrogens is 749 g/mol. The molecule has 0 unspecified atom stereocenters. The van der Waals surface area contributed by atoms with Crippen LogP contribution in [-0.2, 0) is 0 Å². The van der Waals surface area contributed by atoms with Crippen molar-refractivity contribution in [3.8, 4) is 39.1 Å². The molecule has 0 aliphatic carbocycles. The minimum Gasteiger partial charge on any atom is -0.311 e. The molecule has 12 rings (SSSR count). The molecule has 0 aliphatic rings. The van der Waals surface area contributed by atoms with Crippen LogP contribution in [0.1, 0.15) is 0 Å². The van der Waals surface area contributed by atoms with Crippen LogP contribution in [0.2, 0.25) is 0 Å². The van der Waals surface area contributed by atoms with E-state index in [-0.39, 0.29) is 0 Å². The molecule has 0 amide bonds. The molecule has 12 aromatic rings. The Morgan fingerprint density at radius 2 is 0.677 bits per heavy atom. The fraction of sp³-hybridized carbons (Fsp3) is 0. The van der Waals surface area contributed by atoms with Crippen molar-refractivity contribution in [3.63, 3.8) is 0 Å². The van der Waals surface area contributed by atoms with Gasteiger partial charge in [0.15, 0.2) is 0 Å². The van der Waals surface area contributed by atoms with E-state index in [1.54, 1.807) is 0 Å². The van der Waals surface area contributed by atoms with E-state index >= 15 is 0 Å². The molecule has 2 heteroatoms. The molecule has 0 bridgehead atoms. The highest BCUT2D eigenvalue weighted by molar-refractivity contribution is 6.14. The third kappa shape index (κ3) is 6.04. The van der Waals surface area contributed by atoms with Crippen LogP contribution in [0.5, 0.6) is 0 Å². The van der Waals surface area contributed by atoms with Gasteiger partial charge in [0.05, 0.1) is 11.0 Å². The Labute approximate surface area is 360 Å². The average molecular weight is 789 g/mol. The molecule has 62 heavy (non-hydrogen) atoms. The Morgan fingerprint density at radius 1 is 0.258 bits per heavy atom. The molecular formula is C60H40N2. The van der Waals surface area contributed by atoms with Crippen LogP contribution in [0.25, 0.3) is 93.2 Å². The molecule has 0 spiro atoms. The van der Waals surface area contributed by atoms with Gasteiger partial charge in [0, 0.05) is 33.5 Å². The second-order valence-corrected chi connectivity index (χ2v) is 16.1. The number of para-hydroxylation sites is 2. The molecule has 11 aromatic carbocycles. The maximum atomic E-state index is 2.38. The van der Waals surface area contributed by atoms with Crippen molar-refractivity contribution < 1.29 is 0 Å². The Hall–Kier alpha value is -8.20. The topological polar surface area (TPSA) is 8.17 Å². The number of aromatic nitrogens is 1. The number of benzene rings is 11. The summed E-state index contributed by atoms with van der Waals surface area (Å²) in [6, 6.07) is 88.4. The third-order valence-electron chi connectivity index (χ3n) is 12.6. The number of rotatable bonds is 7. The van der Waals surface area contributed by atoms with Gasteiger partial charge >= 0.3 is 0 Å². The number of hydrogen-bond donors (Lipinski definition) is 0. The monoisotopic (exact) mass is 788 g/mol. The number of nitrogens with zero attached hydrogens (tertiary/aromatic N) is 2. The number of fused-ring (bicyclic) bond motifs is 7. The summed E-state index contributed by atoms with van der Waals surface area (Å²) in [6.45, 7) is 0. The molecule has 2 nitrogen and oxygen atoms in total. The quantitative estimate of drug-likeness (QED) is 0.146.